The van der Waals surface area contributed by atoms with E-state index in [2.05, 4.69) is 16.7 Å². The summed E-state index contributed by atoms with van der Waals surface area (Å²) in [6, 6.07) is 0. The van der Waals surface area contributed by atoms with Crippen molar-refractivity contribution >= 4 is 5.97 Å². The quantitative estimate of drug-likeness (QED) is 0.500. The van der Waals surface area contributed by atoms with Gasteiger partial charge in [-0.1, -0.05) is 11.2 Å². The van der Waals surface area contributed by atoms with Crippen molar-refractivity contribution in [2.45, 2.75) is 13.5 Å². The fourth-order valence-corrected chi connectivity index (χ4v) is 1.21. The molecule has 0 atom stereocenters. The predicted molar refractivity (Wildman–Crippen MR) is 56.4 cm³/mol. The molecule has 88 valence electrons. The molecular weight excluding hydrogens is 210 g/mol. The van der Waals surface area contributed by atoms with Gasteiger partial charge in [0.2, 0.25) is 5.89 Å². The number of esters is 1. The Hall–Kier alpha value is -1.69. The molecule has 6 heteroatoms. The standard InChI is InChI=1S/C10H15N3O3/c1-3-5-13(7-10(14)15-4-2)6-9-11-8-12-16-9/h3,8H,1,4-7H2,2H3. The fraction of sp³-hybridized carbons (Fsp3) is 0.500. The summed E-state index contributed by atoms with van der Waals surface area (Å²) in [5.74, 6) is 0.190. The van der Waals surface area contributed by atoms with Crippen LogP contribution in [0.1, 0.15) is 12.8 Å². The first kappa shape index (κ1) is 12.4. The van der Waals surface area contributed by atoms with E-state index in [-0.39, 0.29) is 12.5 Å². The highest BCUT2D eigenvalue weighted by atomic mass is 16.5. The number of carbonyl (C=O) groups excluding carboxylic acids is 1. The molecule has 1 aromatic rings. The predicted octanol–water partition coefficient (Wildman–Crippen LogP) is 0.621. The lowest BCUT2D eigenvalue weighted by Gasteiger charge is -2.16. The van der Waals surface area contributed by atoms with E-state index in [9.17, 15) is 4.79 Å². The van der Waals surface area contributed by atoms with Gasteiger partial charge in [0.05, 0.1) is 19.7 Å². The average molecular weight is 225 g/mol. The topological polar surface area (TPSA) is 68.5 Å². The highest BCUT2D eigenvalue weighted by Crippen LogP contribution is 2.00. The molecule has 1 rings (SSSR count). The van der Waals surface area contributed by atoms with Crippen molar-refractivity contribution in [1.29, 1.82) is 0 Å². The summed E-state index contributed by atoms with van der Waals surface area (Å²) in [6.07, 6.45) is 3.03. The first-order chi connectivity index (χ1) is 7.76. The maximum Gasteiger partial charge on any atom is 0.320 e. The minimum Gasteiger partial charge on any atom is -0.465 e. The smallest absolute Gasteiger partial charge is 0.320 e. The average Bonchev–Trinajstić information content (AvgIpc) is 2.71. The molecule has 1 heterocycles. The van der Waals surface area contributed by atoms with Gasteiger partial charge in [-0.25, -0.2) is 0 Å². The minimum absolute atomic E-state index is 0.183. The van der Waals surface area contributed by atoms with Crippen LogP contribution in [0.25, 0.3) is 0 Å². The number of hydrogen-bond acceptors (Lipinski definition) is 6. The van der Waals surface area contributed by atoms with Gasteiger partial charge in [0.1, 0.15) is 0 Å². The van der Waals surface area contributed by atoms with Crippen LogP contribution in [-0.2, 0) is 16.1 Å². The van der Waals surface area contributed by atoms with Gasteiger partial charge in [0.15, 0.2) is 6.33 Å². The Kier molecular flexibility index (Phi) is 5.21. The molecule has 0 aromatic carbocycles. The number of carbonyl (C=O) groups is 1. The lowest BCUT2D eigenvalue weighted by atomic mass is 10.4. The Morgan fingerprint density at radius 2 is 2.56 bits per heavy atom. The second-order valence-corrected chi connectivity index (χ2v) is 3.10. The number of hydrogen-bond donors (Lipinski definition) is 0. The van der Waals surface area contributed by atoms with Crippen LogP contribution >= 0.6 is 0 Å². The fourth-order valence-electron chi connectivity index (χ4n) is 1.21. The molecule has 0 saturated heterocycles. The summed E-state index contributed by atoms with van der Waals surface area (Å²) >= 11 is 0. The lowest BCUT2D eigenvalue weighted by molar-refractivity contribution is -0.144. The SMILES string of the molecule is C=CCN(CC(=O)OCC)Cc1ncno1. The number of aromatic nitrogens is 2. The number of ether oxygens (including phenoxy) is 1. The second-order valence-electron chi connectivity index (χ2n) is 3.10. The van der Waals surface area contributed by atoms with Crippen molar-refractivity contribution in [3.05, 3.63) is 24.9 Å². The van der Waals surface area contributed by atoms with Crippen LogP contribution in [0, 0.1) is 0 Å². The molecule has 0 amide bonds. The summed E-state index contributed by atoms with van der Waals surface area (Å²) in [5.41, 5.74) is 0. The zero-order chi connectivity index (χ0) is 11.8. The van der Waals surface area contributed by atoms with Gasteiger partial charge >= 0.3 is 5.97 Å². The van der Waals surface area contributed by atoms with Crippen LogP contribution in [0.2, 0.25) is 0 Å². The first-order valence-electron chi connectivity index (χ1n) is 5.00. The zero-order valence-electron chi connectivity index (χ0n) is 9.26. The van der Waals surface area contributed by atoms with E-state index in [4.69, 9.17) is 9.26 Å². The summed E-state index contributed by atoms with van der Waals surface area (Å²) in [4.78, 5) is 17.0. The van der Waals surface area contributed by atoms with Crippen molar-refractivity contribution in [3.63, 3.8) is 0 Å². The first-order valence-corrected chi connectivity index (χ1v) is 5.00. The molecule has 0 radical (unpaired) electrons. The Bertz CT molecular complexity index is 324. The molecule has 0 spiro atoms. The van der Waals surface area contributed by atoms with Crippen LogP contribution in [0.4, 0.5) is 0 Å². The van der Waals surface area contributed by atoms with E-state index in [0.717, 1.165) is 0 Å². The van der Waals surface area contributed by atoms with Gasteiger partial charge in [-0.05, 0) is 6.92 Å². The van der Waals surface area contributed by atoms with E-state index in [1.54, 1.807) is 17.9 Å². The van der Waals surface area contributed by atoms with E-state index >= 15 is 0 Å². The third-order valence-electron chi connectivity index (χ3n) is 1.81. The van der Waals surface area contributed by atoms with Crippen molar-refractivity contribution < 1.29 is 14.1 Å². The minimum atomic E-state index is -0.274. The van der Waals surface area contributed by atoms with Gasteiger partial charge < -0.3 is 9.26 Å². The highest BCUT2D eigenvalue weighted by molar-refractivity contribution is 5.71. The van der Waals surface area contributed by atoms with Crippen LogP contribution in [0.15, 0.2) is 23.5 Å². The summed E-state index contributed by atoms with van der Waals surface area (Å²) in [5, 5.41) is 3.50. The number of rotatable bonds is 7. The zero-order valence-corrected chi connectivity index (χ0v) is 9.26. The van der Waals surface area contributed by atoms with Crippen LogP contribution in [-0.4, -0.2) is 40.7 Å². The molecule has 0 fully saturated rings. The van der Waals surface area contributed by atoms with E-state index in [1.165, 1.54) is 6.33 Å². The largest absolute Gasteiger partial charge is 0.465 e. The molecule has 16 heavy (non-hydrogen) atoms. The maximum atomic E-state index is 11.3. The Morgan fingerprint density at radius 1 is 1.75 bits per heavy atom. The van der Waals surface area contributed by atoms with Crippen molar-refractivity contribution in [1.82, 2.24) is 15.0 Å². The van der Waals surface area contributed by atoms with Crippen LogP contribution < -0.4 is 0 Å². The molecule has 0 aliphatic carbocycles. The van der Waals surface area contributed by atoms with Crippen molar-refractivity contribution in [3.8, 4) is 0 Å². The molecule has 0 saturated carbocycles. The van der Waals surface area contributed by atoms with Crippen LogP contribution in [0.3, 0.4) is 0 Å². The summed E-state index contributed by atoms with van der Waals surface area (Å²) in [6.45, 7) is 6.92. The third kappa shape index (κ3) is 4.22. The Balaban J connectivity index is 2.47. The third-order valence-corrected chi connectivity index (χ3v) is 1.81. The second kappa shape index (κ2) is 6.73. The van der Waals surface area contributed by atoms with Gasteiger partial charge in [-0.15, -0.1) is 6.58 Å². The van der Waals surface area contributed by atoms with Crippen molar-refractivity contribution in [2.75, 3.05) is 19.7 Å². The monoisotopic (exact) mass is 225 g/mol. The Labute approximate surface area is 93.9 Å². The van der Waals surface area contributed by atoms with E-state index in [1.807, 2.05) is 0 Å². The molecule has 1 aromatic heterocycles. The Morgan fingerprint density at radius 3 is 3.12 bits per heavy atom. The molecule has 0 aliphatic heterocycles. The van der Waals surface area contributed by atoms with Crippen molar-refractivity contribution in [2.24, 2.45) is 0 Å². The van der Waals surface area contributed by atoms with Gasteiger partial charge in [0, 0.05) is 6.54 Å². The molecule has 0 unspecified atom stereocenters. The molecule has 0 N–H and O–H groups in total. The van der Waals surface area contributed by atoms with Gasteiger partial charge in [-0.2, -0.15) is 4.98 Å². The van der Waals surface area contributed by atoms with Gasteiger partial charge in [0.25, 0.3) is 0 Å². The normalized spacial score (nSPS) is 10.4. The van der Waals surface area contributed by atoms with Gasteiger partial charge in [-0.3, -0.25) is 9.69 Å². The lowest BCUT2D eigenvalue weighted by Crippen LogP contribution is -2.30. The van der Waals surface area contributed by atoms with E-state index in [0.29, 0.717) is 25.6 Å². The molecule has 0 bridgehead atoms. The number of nitrogens with zero attached hydrogens (tertiary/aromatic N) is 3. The van der Waals surface area contributed by atoms with Crippen LogP contribution in [0.5, 0.6) is 0 Å². The molecule has 6 nitrogen and oxygen atoms in total. The molecule has 0 aliphatic rings. The highest BCUT2D eigenvalue weighted by Gasteiger charge is 2.13. The van der Waals surface area contributed by atoms with E-state index < -0.39 is 0 Å². The summed E-state index contributed by atoms with van der Waals surface area (Å²) < 4.78 is 9.72. The molecular formula is C10H15N3O3. The maximum absolute atomic E-state index is 11.3. The summed E-state index contributed by atoms with van der Waals surface area (Å²) in [7, 11) is 0.